The van der Waals surface area contributed by atoms with E-state index in [1.165, 1.54) is 41.5 Å². The van der Waals surface area contributed by atoms with Crippen molar-refractivity contribution in [2.45, 2.75) is 38.5 Å². The van der Waals surface area contributed by atoms with Gasteiger partial charge in [0.2, 0.25) is 0 Å². The molecular weight excluding hydrogens is 498 g/mol. The fourth-order valence-corrected chi connectivity index (χ4v) is 4.49. The van der Waals surface area contributed by atoms with E-state index in [1.54, 1.807) is 0 Å². The zero-order valence-electron chi connectivity index (χ0n) is 23.4. The van der Waals surface area contributed by atoms with Gasteiger partial charge >= 0.3 is 6.09 Å². The topological polar surface area (TPSA) is 84.5 Å². The number of rotatable bonds is 22. The Labute approximate surface area is 233 Å². The van der Waals surface area contributed by atoms with Crippen LogP contribution in [0.15, 0.2) is 48.5 Å². The van der Waals surface area contributed by atoms with E-state index >= 15 is 0 Å². The second-order valence-electron chi connectivity index (χ2n) is 9.37. The maximum Gasteiger partial charge on any atom is 0.407 e. The molecule has 2 aromatic carbocycles. The lowest BCUT2D eigenvalue weighted by Crippen LogP contribution is -2.29. The van der Waals surface area contributed by atoms with Crippen molar-refractivity contribution in [1.82, 2.24) is 5.32 Å². The van der Waals surface area contributed by atoms with E-state index < -0.39 is 6.09 Å². The Balaban J connectivity index is 1.09. The Bertz CT molecular complexity index is 893. The third kappa shape index (κ3) is 11.6. The van der Waals surface area contributed by atoms with E-state index in [4.69, 9.17) is 28.4 Å². The van der Waals surface area contributed by atoms with Crippen LogP contribution in [0.4, 0.5) is 4.79 Å². The zero-order chi connectivity index (χ0) is 27.4. The number of alkyl carbamates (subject to hydrolysis) is 1. The molecule has 1 N–H and O–H groups in total. The lowest BCUT2D eigenvalue weighted by Gasteiger charge is -2.14. The number of amides is 1. The molecule has 0 aromatic heterocycles. The summed E-state index contributed by atoms with van der Waals surface area (Å²) in [4.78, 5) is 12.2. The molecule has 0 saturated heterocycles. The van der Waals surface area contributed by atoms with Crippen LogP contribution in [0.3, 0.4) is 0 Å². The van der Waals surface area contributed by atoms with E-state index in [9.17, 15) is 4.79 Å². The van der Waals surface area contributed by atoms with Gasteiger partial charge in [0.05, 0.1) is 59.5 Å². The van der Waals surface area contributed by atoms with Gasteiger partial charge in [-0.3, -0.25) is 0 Å². The highest BCUT2D eigenvalue weighted by Crippen LogP contribution is 2.44. The standard InChI is InChI=1S/C31H45NO7/c1-2-3-4-9-15-34-17-19-36-21-23-38-24-22-37-20-18-35-16-14-32-31(33)39-25-30-28-12-7-5-10-26(28)27-11-6-8-13-29(27)30/h5-8,10-13,30H,2-4,9,14-25H2,1H3,(H,32,33). The number of nitrogens with one attached hydrogen (secondary N) is 1. The highest BCUT2D eigenvalue weighted by molar-refractivity contribution is 5.79. The van der Waals surface area contributed by atoms with Gasteiger partial charge in [0.1, 0.15) is 6.61 Å². The summed E-state index contributed by atoms with van der Waals surface area (Å²) in [6.07, 6.45) is 4.44. The first kappa shape index (κ1) is 31.0. The number of hydrogen-bond acceptors (Lipinski definition) is 7. The van der Waals surface area contributed by atoms with Gasteiger partial charge < -0.3 is 33.7 Å². The Morgan fingerprint density at radius 1 is 0.641 bits per heavy atom. The lowest BCUT2D eigenvalue weighted by atomic mass is 9.98. The zero-order valence-corrected chi connectivity index (χ0v) is 23.4. The van der Waals surface area contributed by atoms with Gasteiger partial charge in [-0.1, -0.05) is 74.7 Å². The molecule has 39 heavy (non-hydrogen) atoms. The first-order valence-corrected chi connectivity index (χ1v) is 14.3. The summed E-state index contributed by atoms with van der Waals surface area (Å²) in [6.45, 7) is 8.36. The minimum atomic E-state index is -0.437. The Hall–Kier alpha value is -2.49. The normalized spacial score (nSPS) is 12.3. The molecule has 0 unspecified atom stereocenters. The summed E-state index contributed by atoms with van der Waals surface area (Å²) in [5.41, 5.74) is 4.82. The van der Waals surface area contributed by atoms with Gasteiger partial charge in [-0.05, 0) is 28.7 Å². The maximum absolute atomic E-state index is 12.2. The van der Waals surface area contributed by atoms with Crippen molar-refractivity contribution >= 4 is 6.09 Å². The summed E-state index contributed by atoms with van der Waals surface area (Å²) in [6, 6.07) is 16.6. The van der Waals surface area contributed by atoms with Crippen molar-refractivity contribution < 1.29 is 33.2 Å². The van der Waals surface area contributed by atoms with Crippen LogP contribution < -0.4 is 5.32 Å². The third-order valence-electron chi connectivity index (χ3n) is 6.49. The highest BCUT2D eigenvalue weighted by Gasteiger charge is 2.28. The molecule has 1 aliphatic carbocycles. The number of carbonyl (C=O) groups excluding carboxylic acids is 1. The van der Waals surface area contributed by atoms with Crippen molar-refractivity contribution in [2.24, 2.45) is 0 Å². The Morgan fingerprint density at radius 2 is 1.13 bits per heavy atom. The summed E-state index contributed by atoms with van der Waals surface area (Å²) in [5.74, 6) is 0.0533. The van der Waals surface area contributed by atoms with Gasteiger partial charge in [-0.15, -0.1) is 0 Å². The summed E-state index contributed by atoms with van der Waals surface area (Å²) >= 11 is 0. The molecule has 0 bridgehead atoms. The molecule has 3 rings (SSSR count). The molecule has 2 aromatic rings. The Kier molecular flexibility index (Phi) is 15.6. The average molecular weight is 544 g/mol. The number of unbranched alkanes of at least 4 members (excludes halogenated alkanes) is 3. The number of benzene rings is 2. The van der Waals surface area contributed by atoms with Crippen molar-refractivity contribution in [3.8, 4) is 11.1 Å². The van der Waals surface area contributed by atoms with Crippen molar-refractivity contribution in [3.63, 3.8) is 0 Å². The van der Waals surface area contributed by atoms with E-state index in [2.05, 4.69) is 36.5 Å². The van der Waals surface area contributed by atoms with Gasteiger partial charge in [0, 0.05) is 19.1 Å². The molecule has 0 atom stereocenters. The molecular formula is C31H45NO7. The number of ether oxygens (including phenoxy) is 6. The number of carbonyl (C=O) groups is 1. The average Bonchev–Trinajstić information content (AvgIpc) is 3.28. The molecule has 0 aliphatic heterocycles. The lowest BCUT2D eigenvalue weighted by molar-refractivity contribution is -0.0110. The largest absolute Gasteiger partial charge is 0.449 e. The smallest absolute Gasteiger partial charge is 0.407 e. The molecule has 1 aliphatic rings. The third-order valence-corrected chi connectivity index (χ3v) is 6.49. The molecule has 1 amide bonds. The molecule has 0 spiro atoms. The van der Waals surface area contributed by atoms with Crippen LogP contribution in [-0.4, -0.2) is 85.3 Å². The number of fused-ring (bicyclic) bond motifs is 3. The van der Waals surface area contributed by atoms with Crippen molar-refractivity contribution in [2.75, 3.05) is 79.2 Å². The number of hydrogen-bond donors (Lipinski definition) is 1. The van der Waals surface area contributed by atoms with E-state index in [0.29, 0.717) is 72.6 Å². The second kappa shape index (κ2) is 19.6. The van der Waals surface area contributed by atoms with Crippen LogP contribution >= 0.6 is 0 Å². The summed E-state index contributed by atoms with van der Waals surface area (Å²) < 4.78 is 33.0. The maximum atomic E-state index is 12.2. The van der Waals surface area contributed by atoms with Crippen molar-refractivity contribution in [3.05, 3.63) is 59.7 Å². The predicted molar refractivity (Wildman–Crippen MR) is 151 cm³/mol. The minimum Gasteiger partial charge on any atom is -0.449 e. The first-order valence-electron chi connectivity index (χ1n) is 14.3. The van der Waals surface area contributed by atoms with Crippen LogP contribution in [0.1, 0.15) is 49.7 Å². The van der Waals surface area contributed by atoms with Gasteiger partial charge in [0.15, 0.2) is 0 Å². The summed E-state index contributed by atoms with van der Waals surface area (Å²) in [5, 5.41) is 2.74. The molecule has 0 radical (unpaired) electrons. The fraction of sp³-hybridized carbons (Fsp3) is 0.581. The van der Waals surface area contributed by atoms with Crippen LogP contribution in [0, 0.1) is 0 Å². The monoisotopic (exact) mass is 543 g/mol. The Morgan fingerprint density at radius 3 is 1.67 bits per heavy atom. The molecule has 0 heterocycles. The SMILES string of the molecule is CCCCCCOCCOCCOCCOCCOCCNC(=O)OCC1c2ccccc2-c2ccccc21. The van der Waals surface area contributed by atoms with Gasteiger partial charge in [0.25, 0.3) is 0 Å². The summed E-state index contributed by atoms with van der Waals surface area (Å²) in [7, 11) is 0. The van der Waals surface area contributed by atoms with Crippen LogP contribution in [0.25, 0.3) is 11.1 Å². The van der Waals surface area contributed by atoms with Crippen molar-refractivity contribution in [1.29, 1.82) is 0 Å². The van der Waals surface area contributed by atoms with Crippen LogP contribution in [0.2, 0.25) is 0 Å². The fourth-order valence-electron chi connectivity index (χ4n) is 4.49. The quantitative estimate of drug-likeness (QED) is 0.205. The highest BCUT2D eigenvalue weighted by atomic mass is 16.6. The molecule has 0 saturated carbocycles. The predicted octanol–water partition coefficient (Wildman–Crippen LogP) is 5.19. The van der Waals surface area contributed by atoms with E-state index in [0.717, 1.165) is 13.0 Å². The van der Waals surface area contributed by atoms with Gasteiger partial charge in [-0.2, -0.15) is 0 Å². The molecule has 216 valence electrons. The van der Waals surface area contributed by atoms with Gasteiger partial charge in [-0.25, -0.2) is 4.79 Å². The van der Waals surface area contributed by atoms with E-state index in [1.807, 2.05) is 24.3 Å². The molecule has 8 heteroatoms. The molecule has 0 fully saturated rings. The van der Waals surface area contributed by atoms with Crippen LogP contribution in [0.5, 0.6) is 0 Å². The van der Waals surface area contributed by atoms with E-state index in [-0.39, 0.29) is 5.92 Å². The second-order valence-corrected chi connectivity index (χ2v) is 9.37. The molecule has 8 nitrogen and oxygen atoms in total. The minimum absolute atomic E-state index is 0.0533. The van der Waals surface area contributed by atoms with Crippen LogP contribution in [-0.2, 0) is 28.4 Å². The first-order chi connectivity index (χ1) is 19.3.